The summed E-state index contributed by atoms with van der Waals surface area (Å²) in [5, 5.41) is 0. The van der Waals surface area contributed by atoms with Crippen LogP contribution in [0, 0.1) is 0 Å². The van der Waals surface area contributed by atoms with Crippen molar-refractivity contribution in [3.63, 3.8) is 0 Å². The SMILES string of the molecule is CC/C=C\CCOCCN1C(=O)N(Cc2cccc(OC)c2)C(=O)C12CCN(Cc1ccccc1)CC2. The van der Waals surface area contributed by atoms with Gasteiger partial charge in [0, 0.05) is 26.2 Å². The second-order valence-electron chi connectivity index (χ2n) is 9.75. The molecule has 0 saturated carbocycles. The van der Waals surface area contributed by atoms with Crippen molar-refractivity contribution in [2.24, 2.45) is 0 Å². The second-order valence-corrected chi connectivity index (χ2v) is 9.75. The molecule has 37 heavy (non-hydrogen) atoms. The van der Waals surface area contributed by atoms with E-state index >= 15 is 0 Å². The summed E-state index contributed by atoms with van der Waals surface area (Å²) in [6.07, 6.45) is 7.35. The van der Waals surface area contributed by atoms with Gasteiger partial charge in [-0.1, -0.05) is 61.5 Å². The number of nitrogens with zero attached hydrogens (tertiary/aromatic N) is 3. The lowest BCUT2D eigenvalue weighted by atomic mass is 9.85. The molecule has 0 radical (unpaired) electrons. The van der Waals surface area contributed by atoms with Gasteiger partial charge in [-0.2, -0.15) is 0 Å². The van der Waals surface area contributed by atoms with Gasteiger partial charge < -0.3 is 14.4 Å². The van der Waals surface area contributed by atoms with Gasteiger partial charge in [0.15, 0.2) is 0 Å². The van der Waals surface area contributed by atoms with Gasteiger partial charge in [0.1, 0.15) is 11.3 Å². The Kier molecular flexibility index (Phi) is 9.36. The van der Waals surface area contributed by atoms with Crippen LogP contribution in [0.4, 0.5) is 4.79 Å². The molecule has 2 aliphatic heterocycles. The molecule has 1 spiro atoms. The molecule has 3 amide bonds. The van der Waals surface area contributed by atoms with Gasteiger partial charge in [0.2, 0.25) is 0 Å². The van der Waals surface area contributed by atoms with Crippen molar-refractivity contribution in [2.75, 3.05) is 40.0 Å². The zero-order chi connectivity index (χ0) is 26.1. The molecule has 4 rings (SSSR count). The first-order valence-electron chi connectivity index (χ1n) is 13.3. The van der Waals surface area contributed by atoms with Gasteiger partial charge in [-0.3, -0.25) is 14.6 Å². The molecule has 2 fully saturated rings. The minimum absolute atomic E-state index is 0.0921. The molecule has 0 atom stereocenters. The number of hydrogen-bond acceptors (Lipinski definition) is 5. The molecule has 198 valence electrons. The van der Waals surface area contributed by atoms with Gasteiger partial charge in [-0.15, -0.1) is 0 Å². The highest BCUT2D eigenvalue weighted by molar-refractivity contribution is 6.07. The summed E-state index contributed by atoms with van der Waals surface area (Å²) in [4.78, 5) is 33.1. The van der Waals surface area contributed by atoms with E-state index in [0.717, 1.165) is 38.0 Å². The van der Waals surface area contributed by atoms with Crippen molar-refractivity contribution >= 4 is 11.9 Å². The van der Waals surface area contributed by atoms with Gasteiger partial charge in [0.05, 0.1) is 26.9 Å². The molecule has 7 heteroatoms. The summed E-state index contributed by atoms with van der Waals surface area (Å²) in [5.74, 6) is 0.619. The highest BCUT2D eigenvalue weighted by Crippen LogP contribution is 2.38. The number of carbonyl (C=O) groups excluding carboxylic acids is 2. The molecule has 0 unspecified atom stereocenters. The highest BCUT2D eigenvalue weighted by atomic mass is 16.5. The number of amides is 3. The number of rotatable bonds is 12. The van der Waals surface area contributed by atoms with Crippen molar-refractivity contribution in [1.29, 1.82) is 0 Å². The lowest BCUT2D eigenvalue weighted by Gasteiger charge is -2.42. The molecular weight excluding hydrogens is 466 g/mol. The fraction of sp³-hybridized carbons (Fsp3) is 0.467. The van der Waals surface area contributed by atoms with E-state index in [0.29, 0.717) is 38.3 Å². The first kappa shape index (κ1) is 26.9. The van der Waals surface area contributed by atoms with Gasteiger partial charge in [0.25, 0.3) is 5.91 Å². The van der Waals surface area contributed by atoms with Gasteiger partial charge in [-0.05, 0) is 48.9 Å². The van der Waals surface area contributed by atoms with Crippen molar-refractivity contribution in [2.45, 2.75) is 51.2 Å². The Hall–Kier alpha value is -3.16. The van der Waals surface area contributed by atoms with E-state index in [1.807, 2.05) is 30.3 Å². The Morgan fingerprint density at radius 3 is 2.41 bits per heavy atom. The Balaban J connectivity index is 1.46. The van der Waals surface area contributed by atoms with Crippen molar-refractivity contribution < 1.29 is 19.1 Å². The number of piperidine rings is 1. The molecule has 2 aromatic rings. The number of urea groups is 1. The number of allylic oxidation sites excluding steroid dienone is 1. The molecular formula is C30H39N3O4. The number of methoxy groups -OCH3 is 1. The topological polar surface area (TPSA) is 62.3 Å². The summed E-state index contributed by atoms with van der Waals surface area (Å²) in [5.41, 5.74) is 1.32. The fourth-order valence-corrected chi connectivity index (χ4v) is 5.29. The number of imide groups is 1. The molecule has 0 aromatic heterocycles. The van der Waals surface area contributed by atoms with Crippen LogP contribution in [0.3, 0.4) is 0 Å². The van der Waals surface area contributed by atoms with Crippen molar-refractivity contribution in [3.05, 3.63) is 77.9 Å². The van der Waals surface area contributed by atoms with Crippen LogP contribution < -0.4 is 4.74 Å². The first-order chi connectivity index (χ1) is 18.1. The molecule has 2 saturated heterocycles. The normalized spacial score (nSPS) is 17.9. The van der Waals surface area contributed by atoms with E-state index < -0.39 is 5.54 Å². The van der Waals surface area contributed by atoms with Crippen LogP contribution in [0.2, 0.25) is 0 Å². The summed E-state index contributed by atoms with van der Waals surface area (Å²) in [6, 6.07) is 17.7. The maximum atomic E-state index is 13.9. The van der Waals surface area contributed by atoms with Crippen LogP contribution in [0.15, 0.2) is 66.7 Å². The van der Waals surface area contributed by atoms with E-state index in [1.165, 1.54) is 10.5 Å². The first-order valence-corrected chi connectivity index (χ1v) is 13.3. The average Bonchev–Trinajstić information content (AvgIpc) is 3.11. The number of hydrogen-bond donors (Lipinski definition) is 0. The number of benzene rings is 2. The van der Waals surface area contributed by atoms with E-state index in [2.05, 4.69) is 48.2 Å². The minimum Gasteiger partial charge on any atom is -0.497 e. The molecule has 0 N–H and O–H groups in total. The number of likely N-dealkylation sites (tertiary alicyclic amines) is 1. The van der Waals surface area contributed by atoms with Crippen LogP contribution in [0.25, 0.3) is 0 Å². The summed E-state index contributed by atoms with van der Waals surface area (Å²) in [7, 11) is 1.61. The van der Waals surface area contributed by atoms with E-state index in [1.54, 1.807) is 12.0 Å². The van der Waals surface area contributed by atoms with Crippen LogP contribution in [0.5, 0.6) is 5.75 Å². The Labute approximate surface area is 220 Å². The summed E-state index contributed by atoms with van der Waals surface area (Å²) < 4.78 is 11.2. The molecule has 7 nitrogen and oxygen atoms in total. The smallest absolute Gasteiger partial charge is 0.328 e. The lowest BCUT2D eigenvalue weighted by molar-refractivity contribution is -0.136. The van der Waals surface area contributed by atoms with Crippen LogP contribution in [-0.2, 0) is 22.6 Å². The summed E-state index contributed by atoms with van der Waals surface area (Å²) in [6.45, 7) is 6.16. The standard InChI is InChI=1S/C30H39N3O4/c1-3-4-5-9-20-37-21-19-33-29(35)32(24-26-13-10-14-27(22-26)36-2)28(34)30(33)15-17-31(18-16-30)23-25-11-7-6-8-12-25/h4-8,10-14,22H,3,9,15-21,23-24H2,1-2H3/b5-4-. The predicted octanol–water partition coefficient (Wildman–Crippen LogP) is 4.87. The van der Waals surface area contributed by atoms with E-state index in [9.17, 15) is 9.59 Å². The third-order valence-electron chi connectivity index (χ3n) is 7.32. The molecule has 0 aliphatic carbocycles. The quantitative estimate of drug-likeness (QED) is 0.234. The lowest BCUT2D eigenvalue weighted by Crippen LogP contribution is -2.57. The van der Waals surface area contributed by atoms with Crippen LogP contribution in [0.1, 0.15) is 43.7 Å². The zero-order valence-corrected chi connectivity index (χ0v) is 22.1. The molecule has 2 aliphatic rings. The summed E-state index contributed by atoms with van der Waals surface area (Å²) >= 11 is 0. The van der Waals surface area contributed by atoms with Crippen molar-refractivity contribution in [3.8, 4) is 5.75 Å². The largest absolute Gasteiger partial charge is 0.497 e. The maximum absolute atomic E-state index is 13.9. The van der Waals surface area contributed by atoms with Crippen molar-refractivity contribution in [1.82, 2.24) is 14.7 Å². The maximum Gasteiger partial charge on any atom is 0.328 e. The predicted molar refractivity (Wildman–Crippen MR) is 144 cm³/mol. The zero-order valence-electron chi connectivity index (χ0n) is 22.1. The Bertz CT molecular complexity index is 1060. The number of ether oxygens (including phenoxy) is 2. The third-order valence-corrected chi connectivity index (χ3v) is 7.32. The third kappa shape index (κ3) is 6.40. The molecule has 2 heterocycles. The molecule has 2 aromatic carbocycles. The van der Waals surface area contributed by atoms with E-state index in [4.69, 9.17) is 9.47 Å². The molecule has 0 bridgehead atoms. The second kappa shape index (κ2) is 12.9. The monoisotopic (exact) mass is 505 g/mol. The van der Waals surface area contributed by atoms with E-state index in [-0.39, 0.29) is 18.5 Å². The number of carbonyl (C=O) groups is 2. The average molecular weight is 506 g/mol. The fourth-order valence-electron chi connectivity index (χ4n) is 5.29. The Morgan fingerprint density at radius 1 is 0.919 bits per heavy atom. The van der Waals surface area contributed by atoms with Crippen LogP contribution in [-0.4, -0.2) is 72.1 Å². The van der Waals surface area contributed by atoms with Gasteiger partial charge >= 0.3 is 6.03 Å². The highest BCUT2D eigenvalue weighted by Gasteiger charge is 2.57. The minimum atomic E-state index is -0.811. The Morgan fingerprint density at radius 2 is 1.68 bits per heavy atom. The van der Waals surface area contributed by atoms with Crippen LogP contribution >= 0.6 is 0 Å². The van der Waals surface area contributed by atoms with Gasteiger partial charge in [-0.25, -0.2) is 4.79 Å².